The van der Waals surface area contributed by atoms with Gasteiger partial charge in [0.2, 0.25) is 0 Å². The fraction of sp³-hybridized carbons (Fsp3) is 0.435. The Morgan fingerprint density at radius 3 is 2.56 bits per heavy atom. The van der Waals surface area contributed by atoms with Crippen molar-refractivity contribution in [1.29, 1.82) is 0 Å². The summed E-state index contributed by atoms with van der Waals surface area (Å²) in [6, 6.07) is 14.4. The predicted molar refractivity (Wildman–Crippen MR) is 107 cm³/mol. The fourth-order valence-electron chi connectivity index (χ4n) is 4.62. The summed E-state index contributed by atoms with van der Waals surface area (Å²) in [5, 5.41) is 0. The average molecular weight is 365 g/mol. The van der Waals surface area contributed by atoms with Crippen molar-refractivity contribution >= 4 is 11.5 Å². The summed E-state index contributed by atoms with van der Waals surface area (Å²) in [5.41, 5.74) is 3.20. The molecule has 0 saturated carbocycles. The molecular formula is C23H27NO3. The number of fused-ring (bicyclic) bond motifs is 1. The molecule has 2 aliphatic rings. The number of nitrogens with zero attached hydrogens (tertiary/aromatic N) is 1. The standard InChI is InChI=1S/C23H27NO3/c1-26-21-13-17-12-18(23(25)20(17)14-22(21)27-2)11-16-7-6-10-24(15-16)19-8-4-3-5-9-19/h3-5,8-9,13-14,16,18H,6-7,10-12,15H2,1-2H3. The molecular weight excluding hydrogens is 338 g/mol. The zero-order chi connectivity index (χ0) is 18.8. The van der Waals surface area contributed by atoms with Gasteiger partial charge < -0.3 is 14.4 Å². The van der Waals surface area contributed by atoms with E-state index in [9.17, 15) is 4.79 Å². The Morgan fingerprint density at radius 2 is 1.81 bits per heavy atom. The minimum Gasteiger partial charge on any atom is -0.493 e. The highest BCUT2D eigenvalue weighted by atomic mass is 16.5. The number of carbonyl (C=O) groups excluding carboxylic acids is 1. The topological polar surface area (TPSA) is 38.8 Å². The molecule has 0 aromatic heterocycles. The summed E-state index contributed by atoms with van der Waals surface area (Å²) in [4.78, 5) is 15.4. The Morgan fingerprint density at radius 1 is 1.07 bits per heavy atom. The van der Waals surface area contributed by atoms with Crippen LogP contribution in [-0.4, -0.2) is 33.1 Å². The fourth-order valence-corrected chi connectivity index (χ4v) is 4.62. The summed E-state index contributed by atoms with van der Waals surface area (Å²) < 4.78 is 10.8. The molecule has 142 valence electrons. The van der Waals surface area contributed by atoms with E-state index in [4.69, 9.17) is 9.47 Å². The van der Waals surface area contributed by atoms with Gasteiger partial charge in [-0.2, -0.15) is 0 Å². The van der Waals surface area contributed by atoms with Crippen molar-refractivity contribution < 1.29 is 14.3 Å². The maximum Gasteiger partial charge on any atom is 0.166 e. The molecule has 4 rings (SSSR count). The van der Waals surface area contributed by atoms with Gasteiger partial charge in [0.15, 0.2) is 17.3 Å². The number of hydrogen-bond donors (Lipinski definition) is 0. The molecule has 0 spiro atoms. The monoisotopic (exact) mass is 365 g/mol. The van der Waals surface area contributed by atoms with Crippen molar-refractivity contribution in [2.24, 2.45) is 11.8 Å². The number of piperidine rings is 1. The number of ketones is 1. The Kier molecular flexibility index (Phi) is 5.06. The van der Waals surface area contributed by atoms with Crippen molar-refractivity contribution in [2.75, 3.05) is 32.2 Å². The Bertz CT molecular complexity index is 818. The quantitative estimate of drug-likeness (QED) is 0.789. The van der Waals surface area contributed by atoms with Crippen LogP contribution in [0.2, 0.25) is 0 Å². The first-order valence-electron chi connectivity index (χ1n) is 9.78. The Labute approximate surface area is 161 Å². The third kappa shape index (κ3) is 3.53. The number of methoxy groups -OCH3 is 2. The normalized spacial score (nSPS) is 21.9. The SMILES string of the molecule is COc1cc2c(cc1OC)C(=O)C(CC1CCCN(c3ccccc3)C1)C2. The van der Waals surface area contributed by atoms with Crippen molar-refractivity contribution in [3.8, 4) is 11.5 Å². The first-order valence-corrected chi connectivity index (χ1v) is 9.78. The zero-order valence-corrected chi connectivity index (χ0v) is 16.1. The molecule has 2 aromatic carbocycles. The smallest absolute Gasteiger partial charge is 0.166 e. The summed E-state index contributed by atoms with van der Waals surface area (Å²) in [7, 11) is 3.25. The number of anilines is 1. The molecule has 4 nitrogen and oxygen atoms in total. The lowest BCUT2D eigenvalue weighted by Gasteiger charge is -2.35. The highest BCUT2D eigenvalue weighted by Crippen LogP contribution is 2.39. The predicted octanol–water partition coefficient (Wildman–Crippen LogP) is 4.37. The Balaban J connectivity index is 1.46. The summed E-state index contributed by atoms with van der Waals surface area (Å²) >= 11 is 0. The van der Waals surface area contributed by atoms with E-state index in [0.29, 0.717) is 17.4 Å². The van der Waals surface area contributed by atoms with E-state index >= 15 is 0 Å². The highest BCUT2D eigenvalue weighted by Gasteiger charge is 2.34. The van der Waals surface area contributed by atoms with E-state index < -0.39 is 0 Å². The Hall–Kier alpha value is -2.49. The van der Waals surface area contributed by atoms with Crippen LogP contribution in [0.3, 0.4) is 0 Å². The van der Waals surface area contributed by atoms with E-state index in [1.165, 1.54) is 18.5 Å². The van der Waals surface area contributed by atoms with Crippen LogP contribution in [-0.2, 0) is 6.42 Å². The summed E-state index contributed by atoms with van der Waals surface area (Å²) in [6.07, 6.45) is 4.17. The van der Waals surface area contributed by atoms with Crippen LogP contribution in [0.15, 0.2) is 42.5 Å². The number of para-hydroxylation sites is 1. The maximum absolute atomic E-state index is 13.0. The van der Waals surface area contributed by atoms with Gasteiger partial charge in [-0.05, 0) is 61.4 Å². The minimum absolute atomic E-state index is 0.0811. The number of benzene rings is 2. The number of ether oxygens (including phenoxy) is 2. The second-order valence-electron chi connectivity index (χ2n) is 7.66. The van der Waals surface area contributed by atoms with Gasteiger partial charge >= 0.3 is 0 Å². The second-order valence-corrected chi connectivity index (χ2v) is 7.66. The van der Waals surface area contributed by atoms with E-state index in [2.05, 4.69) is 35.2 Å². The number of Topliss-reactive ketones (excluding diaryl/α,β-unsaturated/α-hetero) is 1. The van der Waals surface area contributed by atoms with Gasteiger partial charge in [0.05, 0.1) is 14.2 Å². The van der Waals surface area contributed by atoms with Gasteiger partial charge in [0.1, 0.15) is 0 Å². The van der Waals surface area contributed by atoms with Crippen LogP contribution in [0.5, 0.6) is 11.5 Å². The lowest BCUT2D eigenvalue weighted by atomic mass is 9.86. The molecule has 1 aliphatic heterocycles. The number of rotatable bonds is 5. The van der Waals surface area contributed by atoms with E-state index in [0.717, 1.165) is 37.1 Å². The van der Waals surface area contributed by atoms with Crippen molar-refractivity contribution in [3.05, 3.63) is 53.6 Å². The molecule has 1 fully saturated rings. The molecule has 1 saturated heterocycles. The third-order valence-corrected chi connectivity index (χ3v) is 5.97. The lowest BCUT2D eigenvalue weighted by Crippen LogP contribution is -2.36. The lowest BCUT2D eigenvalue weighted by molar-refractivity contribution is 0.0915. The molecule has 1 aliphatic carbocycles. The van der Waals surface area contributed by atoms with Crippen LogP contribution in [0, 0.1) is 11.8 Å². The van der Waals surface area contributed by atoms with Crippen molar-refractivity contribution in [3.63, 3.8) is 0 Å². The van der Waals surface area contributed by atoms with Gasteiger partial charge in [-0.25, -0.2) is 0 Å². The van der Waals surface area contributed by atoms with Gasteiger partial charge in [0, 0.05) is 30.3 Å². The van der Waals surface area contributed by atoms with Gasteiger partial charge in [-0.3, -0.25) is 4.79 Å². The summed E-state index contributed by atoms with van der Waals surface area (Å²) in [6.45, 7) is 2.14. The van der Waals surface area contributed by atoms with Crippen LogP contribution in [0.1, 0.15) is 35.2 Å². The first kappa shape index (κ1) is 17.9. The van der Waals surface area contributed by atoms with Crippen LogP contribution in [0.25, 0.3) is 0 Å². The van der Waals surface area contributed by atoms with Crippen LogP contribution < -0.4 is 14.4 Å². The third-order valence-electron chi connectivity index (χ3n) is 5.97. The zero-order valence-electron chi connectivity index (χ0n) is 16.1. The molecule has 2 atom stereocenters. The molecule has 4 heteroatoms. The minimum atomic E-state index is 0.0811. The number of carbonyl (C=O) groups is 1. The maximum atomic E-state index is 13.0. The van der Waals surface area contributed by atoms with E-state index in [-0.39, 0.29) is 11.7 Å². The molecule has 27 heavy (non-hydrogen) atoms. The van der Waals surface area contributed by atoms with Crippen LogP contribution >= 0.6 is 0 Å². The molecule has 2 aromatic rings. The van der Waals surface area contributed by atoms with E-state index in [1.54, 1.807) is 14.2 Å². The number of hydrogen-bond acceptors (Lipinski definition) is 4. The molecule has 2 unspecified atom stereocenters. The summed E-state index contributed by atoms with van der Waals surface area (Å²) in [5.74, 6) is 2.25. The average Bonchev–Trinajstić information content (AvgIpc) is 3.02. The molecule has 0 radical (unpaired) electrons. The van der Waals surface area contributed by atoms with Crippen molar-refractivity contribution in [1.82, 2.24) is 0 Å². The van der Waals surface area contributed by atoms with Gasteiger partial charge in [0.25, 0.3) is 0 Å². The molecule has 1 heterocycles. The van der Waals surface area contributed by atoms with Crippen LogP contribution in [0.4, 0.5) is 5.69 Å². The van der Waals surface area contributed by atoms with E-state index in [1.807, 2.05) is 12.1 Å². The second kappa shape index (κ2) is 7.63. The first-order chi connectivity index (χ1) is 13.2. The molecule has 0 amide bonds. The molecule has 0 N–H and O–H groups in total. The van der Waals surface area contributed by atoms with Gasteiger partial charge in [-0.15, -0.1) is 0 Å². The highest BCUT2D eigenvalue weighted by molar-refractivity contribution is 6.02. The van der Waals surface area contributed by atoms with Crippen molar-refractivity contribution in [2.45, 2.75) is 25.7 Å². The van der Waals surface area contributed by atoms with Gasteiger partial charge in [-0.1, -0.05) is 18.2 Å². The largest absolute Gasteiger partial charge is 0.493 e. The molecule has 0 bridgehead atoms.